The average molecular weight is 172 g/mol. The molecule has 0 aromatic carbocycles. The molecular weight excluding hydrogens is 156 g/mol. The molecule has 0 saturated heterocycles. The zero-order valence-electron chi connectivity index (χ0n) is 7.58. The minimum atomic E-state index is -0.833. The minimum absolute atomic E-state index is 0.135. The molecule has 0 spiro atoms. The maximum atomic E-state index is 9.11. The molecule has 1 atom stereocenters. The van der Waals surface area contributed by atoms with Crippen molar-refractivity contribution >= 4 is 5.97 Å². The first-order chi connectivity index (χ1) is 5.54. The lowest BCUT2D eigenvalue weighted by Gasteiger charge is -2.14. The predicted octanol–water partition coefficient (Wildman–Crippen LogP) is 1.57. The third-order valence-corrected chi connectivity index (χ3v) is 1.67. The largest absolute Gasteiger partial charge is 0.481 e. The Bertz CT molecular complexity index is 169. The Balaban J connectivity index is 0.000000261. The van der Waals surface area contributed by atoms with Gasteiger partial charge in [0.1, 0.15) is 0 Å². The van der Waals surface area contributed by atoms with Crippen LogP contribution in [0, 0.1) is 0 Å². The van der Waals surface area contributed by atoms with Crippen molar-refractivity contribution in [1.82, 2.24) is 0 Å². The van der Waals surface area contributed by atoms with Crippen LogP contribution in [0.3, 0.4) is 0 Å². The van der Waals surface area contributed by atoms with E-state index in [1.807, 2.05) is 6.92 Å². The standard InChI is InChI=1S/C7H12O.C2H4O2/c1-6-4-2-3-5-7(6)8;1-2(3)4/h4,7-8H,2-3,5H2,1H3;1H3,(H,3,4)/t7-;/m0./s1. The fourth-order valence-electron chi connectivity index (χ4n) is 1.00. The summed E-state index contributed by atoms with van der Waals surface area (Å²) in [6.07, 6.45) is 5.25. The molecule has 0 unspecified atom stereocenters. The zero-order chi connectivity index (χ0) is 9.56. The number of hydrogen-bond acceptors (Lipinski definition) is 2. The van der Waals surface area contributed by atoms with Gasteiger partial charge in [0.15, 0.2) is 0 Å². The van der Waals surface area contributed by atoms with E-state index >= 15 is 0 Å². The number of aliphatic carboxylic acids is 1. The topological polar surface area (TPSA) is 57.5 Å². The molecule has 12 heavy (non-hydrogen) atoms. The van der Waals surface area contributed by atoms with E-state index in [-0.39, 0.29) is 6.10 Å². The van der Waals surface area contributed by atoms with Gasteiger partial charge in [0.2, 0.25) is 0 Å². The van der Waals surface area contributed by atoms with Crippen molar-refractivity contribution < 1.29 is 15.0 Å². The Morgan fingerprint density at radius 1 is 1.67 bits per heavy atom. The third kappa shape index (κ3) is 5.92. The first kappa shape index (κ1) is 11.2. The molecule has 3 heteroatoms. The van der Waals surface area contributed by atoms with Crippen LogP contribution < -0.4 is 0 Å². The van der Waals surface area contributed by atoms with Gasteiger partial charge in [-0.3, -0.25) is 4.79 Å². The summed E-state index contributed by atoms with van der Waals surface area (Å²) in [6.45, 7) is 3.07. The highest BCUT2D eigenvalue weighted by Crippen LogP contribution is 2.16. The van der Waals surface area contributed by atoms with E-state index in [2.05, 4.69) is 6.08 Å². The Labute approximate surface area is 72.7 Å². The number of carbonyl (C=O) groups is 1. The molecular formula is C9H16O3. The average Bonchev–Trinajstić information content (AvgIpc) is 1.94. The number of hydrogen-bond donors (Lipinski definition) is 2. The van der Waals surface area contributed by atoms with E-state index in [1.165, 1.54) is 0 Å². The second-order valence-corrected chi connectivity index (χ2v) is 2.91. The molecule has 0 heterocycles. The van der Waals surface area contributed by atoms with Gasteiger partial charge in [0.05, 0.1) is 6.10 Å². The molecule has 0 aliphatic heterocycles. The summed E-state index contributed by atoms with van der Waals surface area (Å²) in [5.74, 6) is -0.833. The van der Waals surface area contributed by atoms with Gasteiger partial charge in [0.25, 0.3) is 5.97 Å². The van der Waals surface area contributed by atoms with Crippen LogP contribution in [0.2, 0.25) is 0 Å². The lowest BCUT2D eigenvalue weighted by Crippen LogP contribution is -2.10. The Morgan fingerprint density at radius 3 is 2.42 bits per heavy atom. The van der Waals surface area contributed by atoms with Gasteiger partial charge in [0, 0.05) is 6.92 Å². The summed E-state index contributed by atoms with van der Waals surface area (Å²) in [6, 6.07) is 0. The molecule has 0 saturated carbocycles. The second kappa shape index (κ2) is 5.77. The van der Waals surface area contributed by atoms with Crippen molar-refractivity contribution in [2.75, 3.05) is 0 Å². The van der Waals surface area contributed by atoms with Crippen LogP contribution >= 0.6 is 0 Å². The molecule has 3 nitrogen and oxygen atoms in total. The van der Waals surface area contributed by atoms with Crippen LogP contribution in [-0.4, -0.2) is 22.3 Å². The summed E-state index contributed by atoms with van der Waals surface area (Å²) in [5, 5.41) is 16.5. The van der Waals surface area contributed by atoms with Crippen LogP contribution in [0.15, 0.2) is 11.6 Å². The quantitative estimate of drug-likeness (QED) is 0.545. The van der Waals surface area contributed by atoms with E-state index in [1.54, 1.807) is 0 Å². The Kier molecular flexibility index (Phi) is 5.37. The van der Waals surface area contributed by atoms with Crippen molar-refractivity contribution in [2.24, 2.45) is 0 Å². The summed E-state index contributed by atoms with van der Waals surface area (Å²) < 4.78 is 0. The molecule has 0 aromatic heterocycles. The zero-order valence-corrected chi connectivity index (χ0v) is 7.58. The first-order valence-electron chi connectivity index (χ1n) is 4.08. The molecule has 1 aliphatic carbocycles. The van der Waals surface area contributed by atoms with Gasteiger partial charge in [-0.25, -0.2) is 0 Å². The van der Waals surface area contributed by atoms with Crippen LogP contribution in [0.1, 0.15) is 33.1 Å². The lowest BCUT2D eigenvalue weighted by molar-refractivity contribution is -0.134. The maximum absolute atomic E-state index is 9.11. The fourth-order valence-corrected chi connectivity index (χ4v) is 1.00. The molecule has 1 rings (SSSR count). The van der Waals surface area contributed by atoms with E-state index in [0.717, 1.165) is 31.8 Å². The van der Waals surface area contributed by atoms with Crippen molar-refractivity contribution in [3.63, 3.8) is 0 Å². The normalized spacial score (nSPS) is 21.9. The SMILES string of the molecule is CC(=O)O.CC1=CCCC[C@@H]1O. The number of carboxylic acid groups (broad SMARTS) is 1. The van der Waals surface area contributed by atoms with Gasteiger partial charge in [-0.1, -0.05) is 6.08 Å². The number of carboxylic acids is 1. The van der Waals surface area contributed by atoms with E-state index in [9.17, 15) is 0 Å². The minimum Gasteiger partial charge on any atom is -0.481 e. The smallest absolute Gasteiger partial charge is 0.300 e. The van der Waals surface area contributed by atoms with Gasteiger partial charge in [-0.05, 0) is 31.8 Å². The van der Waals surface area contributed by atoms with Crippen molar-refractivity contribution in [3.8, 4) is 0 Å². The number of allylic oxidation sites excluding steroid dienone is 1. The fraction of sp³-hybridized carbons (Fsp3) is 0.667. The summed E-state index contributed by atoms with van der Waals surface area (Å²) in [5.41, 5.74) is 1.15. The van der Waals surface area contributed by atoms with Crippen molar-refractivity contribution in [2.45, 2.75) is 39.2 Å². The predicted molar refractivity (Wildman–Crippen MR) is 46.9 cm³/mol. The summed E-state index contributed by atoms with van der Waals surface area (Å²) in [4.78, 5) is 9.00. The highest BCUT2D eigenvalue weighted by atomic mass is 16.4. The molecule has 0 amide bonds. The van der Waals surface area contributed by atoms with Gasteiger partial charge >= 0.3 is 0 Å². The van der Waals surface area contributed by atoms with Gasteiger partial charge < -0.3 is 10.2 Å². The Hall–Kier alpha value is -0.830. The molecule has 0 radical (unpaired) electrons. The molecule has 0 fully saturated rings. The first-order valence-corrected chi connectivity index (χ1v) is 4.08. The second-order valence-electron chi connectivity index (χ2n) is 2.91. The molecule has 70 valence electrons. The monoisotopic (exact) mass is 172 g/mol. The molecule has 0 bridgehead atoms. The number of aliphatic hydroxyl groups is 1. The third-order valence-electron chi connectivity index (χ3n) is 1.67. The maximum Gasteiger partial charge on any atom is 0.300 e. The van der Waals surface area contributed by atoms with Crippen LogP contribution in [0.5, 0.6) is 0 Å². The summed E-state index contributed by atoms with van der Waals surface area (Å²) >= 11 is 0. The van der Waals surface area contributed by atoms with E-state index in [0.29, 0.717) is 0 Å². The van der Waals surface area contributed by atoms with Crippen LogP contribution in [0.25, 0.3) is 0 Å². The van der Waals surface area contributed by atoms with Crippen molar-refractivity contribution in [1.29, 1.82) is 0 Å². The summed E-state index contributed by atoms with van der Waals surface area (Å²) in [7, 11) is 0. The van der Waals surface area contributed by atoms with E-state index < -0.39 is 5.97 Å². The molecule has 2 N–H and O–H groups in total. The number of aliphatic hydroxyl groups excluding tert-OH is 1. The van der Waals surface area contributed by atoms with E-state index in [4.69, 9.17) is 15.0 Å². The van der Waals surface area contributed by atoms with Crippen LogP contribution in [-0.2, 0) is 4.79 Å². The van der Waals surface area contributed by atoms with Crippen LogP contribution in [0.4, 0.5) is 0 Å². The van der Waals surface area contributed by atoms with Gasteiger partial charge in [-0.15, -0.1) is 0 Å². The molecule has 1 aliphatic rings. The Morgan fingerprint density at radius 2 is 2.17 bits per heavy atom. The highest BCUT2D eigenvalue weighted by Gasteiger charge is 2.08. The number of rotatable bonds is 0. The molecule has 0 aromatic rings. The highest BCUT2D eigenvalue weighted by molar-refractivity contribution is 5.62. The lowest BCUT2D eigenvalue weighted by atomic mass is 9.98. The van der Waals surface area contributed by atoms with Crippen molar-refractivity contribution in [3.05, 3.63) is 11.6 Å². The van der Waals surface area contributed by atoms with Gasteiger partial charge in [-0.2, -0.15) is 0 Å².